The molecule has 4 nitrogen and oxygen atoms in total. The number of hydrogen-bond donors (Lipinski definition) is 0. The molecular weight excluding hydrogens is 286 g/mol. The second kappa shape index (κ2) is 3.84. The molecule has 0 bridgehead atoms. The van der Waals surface area contributed by atoms with Gasteiger partial charge in [0.25, 0.3) is 0 Å². The third kappa shape index (κ3) is 1.49. The van der Waals surface area contributed by atoms with Gasteiger partial charge in [-0.15, -0.1) is 0 Å². The summed E-state index contributed by atoms with van der Waals surface area (Å²) in [7, 11) is 2.94. The van der Waals surface area contributed by atoms with E-state index < -0.39 is 11.4 Å². The SMILES string of the molecule is COC(=O)[C@]1(C)C(=O)N(C)c2cc(Br)ccc21. The van der Waals surface area contributed by atoms with E-state index in [-0.39, 0.29) is 5.91 Å². The summed E-state index contributed by atoms with van der Waals surface area (Å²) >= 11 is 3.35. The Hall–Kier alpha value is -1.36. The minimum absolute atomic E-state index is 0.266. The minimum Gasteiger partial charge on any atom is -0.468 e. The van der Waals surface area contributed by atoms with Crippen molar-refractivity contribution in [3.05, 3.63) is 28.2 Å². The van der Waals surface area contributed by atoms with E-state index in [9.17, 15) is 9.59 Å². The van der Waals surface area contributed by atoms with Crippen LogP contribution in [0.5, 0.6) is 0 Å². The summed E-state index contributed by atoms with van der Waals surface area (Å²) < 4.78 is 5.61. The second-order valence-electron chi connectivity index (χ2n) is 4.14. The van der Waals surface area contributed by atoms with Crippen molar-refractivity contribution in [3.8, 4) is 0 Å². The van der Waals surface area contributed by atoms with Gasteiger partial charge in [0.15, 0.2) is 5.41 Å². The molecule has 0 saturated heterocycles. The summed E-state index contributed by atoms with van der Waals surface area (Å²) in [6.07, 6.45) is 0. The monoisotopic (exact) mass is 297 g/mol. The molecule has 2 rings (SSSR count). The zero-order valence-corrected chi connectivity index (χ0v) is 11.4. The van der Waals surface area contributed by atoms with Gasteiger partial charge in [-0.1, -0.05) is 22.0 Å². The van der Waals surface area contributed by atoms with Crippen LogP contribution in [0.25, 0.3) is 0 Å². The molecule has 1 atom stereocenters. The third-order valence-electron chi connectivity index (χ3n) is 3.19. The van der Waals surface area contributed by atoms with E-state index in [2.05, 4.69) is 15.9 Å². The van der Waals surface area contributed by atoms with E-state index in [0.717, 1.165) is 10.2 Å². The molecule has 1 amide bonds. The van der Waals surface area contributed by atoms with Crippen LogP contribution in [0.2, 0.25) is 0 Å². The number of likely N-dealkylation sites (N-methyl/N-ethyl adjacent to an activating group) is 1. The molecule has 1 aliphatic heterocycles. The van der Waals surface area contributed by atoms with E-state index in [1.54, 1.807) is 20.0 Å². The molecule has 0 radical (unpaired) electrons. The Morgan fingerprint density at radius 3 is 2.71 bits per heavy atom. The lowest BCUT2D eigenvalue weighted by Crippen LogP contribution is -2.43. The largest absolute Gasteiger partial charge is 0.468 e. The smallest absolute Gasteiger partial charge is 0.325 e. The van der Waals surface area contributed by atoms with E-state index >= 15 is 0 Å². The van der Waals surface area contributed by atoms with Crippen molar-refractivity contribution in [3.63, 3.8) is 0 Å². The molecule has 0 aliphatic carbocycles. The van der Waals surface area contributed by atoms with Crippen molar-refractivity contribution >= 4 is 33.5 Å². The maximum absolute atomic E-state index is 12.2. The molecule has 0 fully saturated rings. The van der Waals surface area contributed by atoms with Crippen LogP contribution in [-0.4, -0.2) is 26.0 Å². The maximum atomic E-state index is 12.2. The number of nitrogens with zero attached hydrogens (tertiary/aromatic N) is 1. The molecule has 17 heavy (non-hydrogen) atoms. The molecule has 1 aromatic rings. The van der Waals surface area contributed by atoms with E-state index in [0.29, 0.717) is 5.56 Å². The van der Waals surface area contributed by atoms with Gasteiger partial charge in [0.05, 0.1) is 7.11 Å². The van der Waals surface area contributed by atoms with Crippen LogP contribution in [0.15, 0.2) is 22.7 Å². The lowest BCUT2D eigenvalue weighted by atomic mass is 9.84. The second-order valence-corrected chi connectivity index (χ2v) is 5.06. The van der Waals surface area contributed by atoms with Gasteiger partial charge in [-0.2, -0.15) is 0 Å². The van der Waals surface area contributed by atoms with Gasteiger partial charge in [-0.25, -0.2) is 0 Å². The van der Waals surface area contributed by atoms with Crippen molar-refractivity contribution in [1.29, 1.82) is 0 Å². The number of halogens is 1. The number of rotatable bonds is 1. The van der Waals surface area contributed by atoms with Crippen LogP contribution in [0.1, 0.15) is 12.5 Å². The van der Waals surface area contributed by atoms with Crippen molar-refractivity contribution in [2.75, 3.05) is 19.1 Å². The molecule has 0 unspecified atom stereocenters. The highest BCUT2D eigenvalue weighted by Crippen LogP contribution is 2.42. The van der Waals surface area contributed by atoms with Crippen LogP contribution in [0.3, 0.4) is 0 Å². The number of methoxy groups -OCH3 is 1. The zero-order chi connectivity index (χ0) is 12.8. The summed E-state index contributed by atoms with van der Waals surface area (Å²) in [5.74, 6) is -0.798. The first-order valence-electron chi connectivity index (χ1n) is 5.09. The molecule has 0 aromatic heterocycles. The highest BCUT2D eigenvalue weighted by Gasteiger charge is 2.52. The number of amides is 1. The Morgan fingerprint density at radius 2 is 2.12 bits per heavy atom. The standard InChI is InChI=1S/C12H12BrNO3/c1-12(11(16)17-3)8-5-4-7(13)6-9(8)14(2)10(12)15/h4-6H,1-3H3/t12-/m0/s1. The van der Waals surface area contributed by atoms with E-state index in [1.165, 1.54) is 12.0 Å². The summed E-state index contributed by atoms with van der Waals surface area (Å²) in [6.45, 7) is 1.59. The number of hydrogen-bond acceptors (Lipinski definition) is 3. The van der Waals surface area contributed by atoms with Crippen molar-refractivity contribution in [2.24, 2.45) is 0 Å². The van der Waals surface area contributed by atoms with Gasteiger partial charge in [-0.3, -0.25) is 9.59 Å². The number of fused-ring (bicyclic) bond motifs is 1. The predicted octanol–water partition coefficient (Wildman–Crippen LogP) is 1.86. The number of esters is 1. The zero-order valence-electron chi connectivity index (χ0n) is 9.78. The lowest BCUT2D eigenvalue weighted by Gasteiger charge is -2.19. The topological polar surface area (TPSA) is 46.6 Å². The van der Waals surface area contributed by atoms with Gasteiger partial charge in [0.2, 0.25) is 5.91 Å². The molecule has 0 N–H and O–H groups in total. The van der Waals surface area contributed by atoms with Gasteiger partial charge in [0, 0.05) is 22.8 Å². The Labute approximate surface area is 108 Å². The number of carbonyl (C=O) groups is 2. The molecule has 1 aromatic carbocycles. The first-order valence-corrected chi connectivity index (χ1v) is 5.89. The highest BCUT2D eigenvalue weighted by molar-refractivity contribution is 9.10. The molecule has 0 saturated carbocycles. The van der Waals surface area contributed by atoms with Crippen LogP contribution in [0.4, 0.5) is 5.69 Å². The van der Waals surface area contributed by atoms with Gasteiger partial charge in [0.1, 0.15) is 0 Å². The quantitative estimate of drug-likeness (QED) is 0.587. The average molecular weight is 298 g/mol. The fourth-order valence-electron chi connectivity index (χ4n) is 2.17. The lowest BCUT2D eigenvalue weighted by molar-refractivity contribution is -0.150. The Morgan fingerprint density at radius 1 is 1.47 bits per heavy atom. The first kappa shape index (κ1) is 12.1. The Balaban J connectivity index is 2.67. The molecular formula is C12H12BrNO3. The Kier molecular flexibility index (Phi) is 2.73. The minimum atomic E-state index is -1.24. The number of carbonyl (C=O) groups excluding carboxylic acids is 2. The predicted molar refractivity (Wildman–Crippen MR) is 66.9 cm³/mol. The normalized spacial score (nSPS) is 22.6. The maximum Gasteiger partial charge on any atom is 0.325 e. The molecule has 0 spiro atoms. The third-order valence-corrected chi connectivity index (χ3v) is 3.68. The number of anilines is 1. The molecule has 90 valence electrons. The van der Waals surface area contributed by atoms with E-state index in [1.807, 2.05) is 12.1 Å². The van der Waals surface area contributed by atoms with Gasteiger partial charge in [-0.05, 0) is 19.1 Å². The van der Waals surface area contributed by atoms with Gasteiger partial charge < -0.3 is 9.64 Å². The van der Waals surface area contributed by atoms with Crippen LogP contribution < -0.4 is 4.90 Å². The van der Waals surface area contributed by atoms with Crippen LogP contribution in [-0.2, 0) is 19.7 Å². The van der Waals surface area contributed by atoms with E-state index in [4.69, 9.17) is 4.74 Å². The fraction of sp³-hybridized carbons (Fsp3) is 0.333. The highest BCUT2D eigenvalue weighted by atomic mass is 79.9. The van der Waals surface area contributed by atoms with Crippen LogP contribution in [0, 0.1) is 0 Å². The van der Waals surface area contributed by atoms with Crippen molar-refractivity contribution < 1.29 is 14.3 Å². The average Bonchev–Trinajstić information content (AvgIpc) is 2.51. The fourth-order valence-corrected chi connectivity index (χ4v) is 2.52. The molecule has 1 heterocycles. The molecule has 5 heteroatoms. The molecule has 1 aliphatic rings. The summed E-state index contributed by atoms with van der Waals surface area (Å²) in [6, 6.07) is 5.41. The van der Waals surface area contributed by atoms with Crippen molar-refractivity contribution in [1.82, 2.24) is 0 Å². The Bertz CT molecular complexity index is 514. The number of ether oxygens (including phenoxy) is 1. The first-order chi connectivity index (χ1) is 7.92. The van der Waals surface area contributed by atoms with Crippen molar-refractivity contribution in [2.45, 2.75) is 12.3 Å². The van der Waals surface area contributed by atoms with Gasteiger partial charge >= 0.3 is 5.97 Å². The number of benzene rings is 1. The van der Waals surface area contributed by atoms with Crippen LogP contribution >= 0.6 is 15.9 Å². The summed E-state index contributed by atoms with van der Waals surface area (Å²) in [5.41, 5.74) is 0.178. The summed E-state index contributed by atoms with van der Waals surface area (Å²) in [4.78, 5) is 25.5. The summed E-state index contributed by atoms with van der Waals surface area (Å²) in [5, 5.41) is 0.